The molecule has 2 unspecified atom stereocenters. The van der Waals surface area contributed by atoms with Crippen LogP contribution in [0.2, 0.25) is 0 Å². The molecular weight excluding hydrogens is 178 g/mol. The summed E-state index contributed by atoms with van der Waals surface area (Å²) in [5.74, 6) is 2.09. The number of β-amino-alcohol motifs (C(OH)–C–C–N with tert-alkyl or cyclic N) is 1. The first-order valence-electron chi connectivity index (χ1n) is 5.74. The second-order valence-electron chi connectivity index (χ2n) is 5.01. The molecule has 2 saturated carbocycles. The standard InChI is InChI=1S/C11H17NO2/c13-7-4-5-12(6-7)11(14)10-8-2-1-3-9(8)10/h7-10,13H,1-6H2/t7-,8?,9?,10?/m1/s1. The second kappa shape index (κ2) is 2.96. The maximum absolute atomic E-state index is 12.0. The summed E-state index contributed by atoms with van der Waals surface area (Å²) < 4.78 is 0. The zero-order valence-electron chi connectivity index (χ0n) is 8.35. The Morgan fingerprint density at radius 1 is 1.21 bits per heavy atom. The summed E-state index contributed by atoms with van der Waals surface area (Å²) in [6, 6.07) is 0. The summed E-state index contributed by atoms with van der Waals surface area (Å²) in [4.78, 5) is 13.9. The van der Waals surface area contributed by atoms with E-state index < -0.39 is 0 Å². The largest absolute Gasteiger partial charge is 0.391 e. The monoisotopic (exact) mass is 195 g/mol. The molecule has 2 aliphatic carbocycles. The third-order valence-corrected chi connectivity index (χ3v) is 4.17. The quantitative estimate of drug-likeness (QED) is 0.666. The molecule has 1 aliphatic heterocycles. The summed E-state index contributed by atoms with van der Waals surface area (Å²) in [6.45, 7) is 1.35. The SMILES string of the molecule is O=C(C1C2CCCC21)N1CC[C@@H](O)C1. The number of carbonyl (C=O) groups is 1. The topological polar surface area (TPSA) is 40.5 Å². The van der Waals surface area contributed by atoms with Crippen molar-refractivity contribution in [2.75, 3.05) is 13.1 Å². The normalized spacial score (nSPS) is 45.4. The zero-order chi connectivity index (χ0) is 9.71. The van der Waals surface area contributed by atoms with E-state index in [0.717, 1.165) is 13.0 Å². The summed E-state index contributed by atoms with van der Waals surface area (Å²) in [5.41, 5.74) is 0. The van der Waals surface area contributed by atoms with E-state index in [1.807, 2.05) is 4.90 Å². The van der Waals surface area contributed by atoms with E-state index in [9.17, 15) is 9.90 Å². The lowest BCUT2D eigenvalue weighted by atomic mass is 10.1. The Morgan fingerprint density at radius 2 is 1.93 bits per heavy atom. The fourth-order valence-electron chi connectivity index (χ4n) is 3.34. The fraction of sp³-hybridized carbons (Fsp3) is 0.909. The number of likely N-dealkylation sites (tertiary alicyclic amines) is 1. The van der Waals surface area contributed by atoms with Crippen molar-refractivity contribution in [2.24, 2.45) is 17.8 Å². The minimum Gasteiger partial charge on any atom is -0.391 e. The van der Waals surface area contributed by atoms with Gasteiger partial charge < -0.3 is 10.0 Å². The zero-order valence-corrected chi connectivity index (χ0v) is 8.35. The van der Waals surface area contributed by atoms with Gasteiger partial charge in [0.25, 0.3) is 0 Å². The van der Waals surface area contributed by atoms with Crippen molar-refractivity contribution in [1.29, 1.82) is 0 Å². The molecule has 14 heavy (non-hydrogen) atoms. The molecule has 0 radical (unpaired) electrons. The van der Waals surface area contributed by atoms with Crippen LogP contribution in [0, 0.1) is 17.8 Å². The van der Waals surface area contributed by atoms with E-state index >= 15 is 0 Å². The van der Waals surface area contributed by atoms with Crippen molar-refractivity contribution >= 4 is 5.91 Å². The average molecular weight is 195 g/mol. The van der Waals surface area contributed by atoms with Crippen LogP contribution in [0.5, 0.6) is 0 Å². The van der Waals surface area contributed by atoms with Crippen LogP contribution in [0.1, 0.15) is 25.7 Å². The highest BCUT2D eigenvalue weighted by molar-refractivity contribution is 5.82. The maximum atomic E-state index is 12.0. The van der Waals surface area contributed by atoms with Gasteiger partial charge in [-0.15, -0.1) is 0 Å². The van der Waals surface area contributed by atoms with Gasteiger partial charge in [-0.25, -0.2) is 0 Å². The molecule has 0 aromatic rings. The molecule has 0 bridgehead atoms. The molecule has 0 spiro atoms. The third-order valence-electron chi connectivity index (χ3n) is 4.17. The van der Waals surface area contributed by atoms with Gasteiger partial charge >= 0.3 is 0 Å². The van der Waals surface area contributed by atoms with E-state index in [1.165, 1.54) is 19.3 Å². The van der Waals surface area contributed by atoms with Gasteiger partial charge in [-0.2, -0.15) is 0 Å². The second-order valence-corrected chi connectivity index (χ2v) is 5.01. The molecule has 3 atom stereocenters. The van der Waals surface area contributed by atoms with Crippen molar-refractivity contribution in [3.05, 3.63) is 0 Å². The molecule has 3 fully saturated rings. The van der Waals surface area contributed by atoms with E-state index in [1.54, 1.807) is 0 Å². The highest BCUT2D eigenvalue weighted by Crippen LogP contribution is 2.58. The lowest BCUT2D eigenvalue weighted by molar-refractivity contribution is -0.132. The molecular formula is C11H17NO2. The predicted molar refractivity (Wildman–Crippen MR) is 51.5 cm³/mol. The van der Waals surface area contributed by atoms with Crippen molar-refractivity contribution in [2.45, 2.75) is 31.8 Å². The minimum absolute atomic E-state index is 0.266. The number of nitrogens with zero attached hydrogens (tertiary/aromatic N) is 1. The molecule has 3 aliphatic rings. The first-order valence-corrected chi connectivity index (χ1v) is 5.74. The van der Waals surface area contributed by atoms with E-state index in [0.29, 0.717) is 30.2 Å². The average Bonchev–Trinajstić information content (AvgIpc) is 2.56. The Labute approximate surface area is 84.1 Å². The molecule has 1 N–H and O–H groups in total. The Morgan fingerprint density at radius 3 is 2.50 bits per heavy atom. The van der Waals surface area contributed by atoms with Gasteiger partial charge in [0.05, 0.1) is 6.10 Å². The van der Waals surface area contributed by atoms with Crippen molar-refractivity contribution in [3.8, 4) is 0 Å². The minimum atomic E-state index is -0.266. The van der Waals surface area contributed by atoms with E-state index in [-0.39, 0.29) is 6.10 Å². The summed E-state index contributed by atoms with van der Waals surface area (Å²) >= 11 is 0. The van der Waals surface area contributed by atoms with E-state index in [4.69, 9.17) is 0 Å². The molecule has 1 amide bonds. The summed E-state index contributed by atoms with van der Waals surface area (Å²) in [6.07, 6.45) is 4.35. The lowest BCUT2D eigenvalue weighted by Crippen LogP contribution is -2.32. The first kappa shape index (κ1) is 8.72. The highest BCUT2D eigenvalue weighted by atomic mass is 16.3. The molecule has 0 aromatic heterocycles. The predicted octanol–water partition coefficient (Wildman–Crippen LogP) is 0.626. The number of rotatable bonds is 1. The number of aliphatic hydroxyl groups is 1. The van der Waals surface area contributed by atoms with E-state index in [2.05, 4.69) is 0 Å². The Balaban J connectivity index is 1.61. The van der Waals surface area contributed by atoms with Gasteiger partial charge in [0.1, 0.15) is 0 Å². The van der Waals surface area contributed by atoms with Crippen LogP contribution in [-0.2, 0) is 4.79 Å². The van der Waals surface area contributed by atoms with Gasteiger partial charge in [-0.05, 0) is 31.1 Å². The van der Waals surface area contributed by atoms with Crippen LogP contribution in [-0.4, -0.2) is 35.1 Å². The van der Waals surface area contributed by atoms with Gasteiger partial charge in [0.2, 0.25) is 5.91 Å². The highest BCUT2D eigenvalue weighted by Gasteiger charge is 2.57. The van der Waals surface area contributed by atoms with Crippen LogP contribution < -0.4 is 0 Å². The molecule has 0 aromatic carbocycles. The van der Waals surface area contributed by atoms with Gasteiger partial charge in [0.15, 0.2) is 0 Å². The van der Waals surface area contributed by atoms with Crippen LogP contribution >= 0.6 is 0 Å². The Kier molecular flexibility index (Phi) is 1.84. The molecule has 1 saturated heterocycles. The van der Waals surface area contributed by atoms with Gasteiger partial charge in [-0.1, -0.05) is 6.42 Å². The van der Waals surface area contributed by atoms with Crippen molar-refractivity contribution < 1.29 is 9.90 Å². The van der Waals surface area contributed by atoms with Gasteiger partial charge in [-0.3, -0.25) is 4.79 Å². The molecule has 3 nitrogen and oxygen atoms in total. The molecule has 3 heteroatoms. The number of carbonyl (C=O) groups excluding carboxylic acids is 1. The van der Waals surface area contributed by atoms with Crippen LogP contribution in [0.4, 0.5) is 0 Å². The third kappa shape index (κ3) is 1.18. The van der Waals surface area contributed by atoms with Crippen molar-refractivity contribution in [3.63, 3.8) is 0 Å². The summed E-state index contributed by atoms with van der Waals surface area (Å²) in [5, 5.41) is 9.36. The number of hydrogen-bond donors (Lipinski definition) is 1. The maximum Gasteiger partial charge on any atom is 0.226 e. The number of hydrogen-bond acceptors (Lipinski definition) is 2. The van der Waals surface area contributed by atoms with Crippen LogP contribution in [0.25, 0.3) is 0 Å². The first-order chi connectivity index (χ1) is 6.77. The summed E-state index contributed by atoms with van der Waals surface area (Å²) in [7, 11) is 0. The number of amides is 1. The van der Waals surface area contributed by atoms with Gasteiger partial charge in [0, 0.05) is 19.0 Å². The Bertz CT molecular complexity index is 252. The molecule has 1 heterocycles. The molecule has 78 valence electrons. The smallest absolute Gasteiger partial charge is 0.226 e. The number of aliphatic hydroxyl groups excluding tert-OH is 1. The van der Waals surface area contributed by atoms with Crippen LogP contribution in [0.15, 0.2) is 0 Å². The molecule has 3 rings (SSSR count). The Hall–Kier alpha value is -0.570. The van der Waals surface area contributed by atoms with Crippen molar-refractivity contribution in [1.82, 2.24) is 4.90 Å². The fourth-order valence-corrected chi connectivity index (χ4v) is 3.34. The van der Waals surface area contributed by atoms with Crippen LogP contribution in [0.3, 0.4) is 0 Å². The lowest BCUT2D eigenvalue weighted by Gasteiger charge is -2.16. The number of fused-ring (bicyclic) bond motifs is 1.